The second kappa shape index (κ2) is 6.71. The third-order valence-corrected chi connectivity index (χ3v) is 2.11. The predicted molar refractivity (Wildman–Crippen MR) is 65.6 cm³/mol. The standard InChI is InChI=1S/C10H14.3CH4/c1-7-5-9(3)10(4)6-8(7)2;;;/h5-6H,1-4H3;3*1H4. The molecular formula is C13H26. The molecule has 0 aromatic heterocycles. The average molecular weight is 182 g/mol. The monoisotopic (exact) mass is 182 g/mol. The maximum Gasteiger partial charge on any atom is -0.0395 e. The number of rotatable bonds is 0. The Kier molecular flexibility index (Phi) is 9.33. The van der Waals surface area contributed by atoms with Crippen LogP contribution in [0.2, 0.25) is 0 Å². The van der Waals surface area contributed by atoms with Gasteiger partial charge in [0.05, 0.1) is 0 Å². The van der Waals surface area contributed by atoms with Crippen LogP contribution in [0.5, 0.6) is 0 Å². The molecule has 0 amide bonds. The third-order valence-electron chi connectivity index (χ3n) is 2.11. The highest BCUT2D eigenvalue weighted by atomic mass is 14.0. The van der Waals surface area contributed by atoms with Crippen LogP contribution in [0, 0.1) is 27.7 Å². The van der Waals surface area contributed by atoms with Crippen molar-refractivity contribution >= 4 is 0 Å². The lowest BCUT2D eigenvalue weighted by Crippen LogP contribution is -1.86. The Morgan fingerprint density at radius 2 is 0.692 bits per heavy atom. The normalized spacial score (nSPS) is 7.69. The number of hydrogen-bond donors (Lipinski definition) is 0. The van der Waals surface area contributed by atoms with Crippen molar-refractivity contribution in [2.75, 3.05) is 0 Å². The van der Waals surface area contributed by atoms with E-state index in [1.54, 1.807) is 0 Å². The molecule has 0 heterocycles. The molecule has 0 atom stereocenters. The van der Waals surface area contributed by atoms with Gasteiger partial charge in [0.15, 0.2) is 0 Å². The molecule has 0 aliphatic heterocycles. The van der Waals surface area contributed by atoms with Crippen LogP contribution in [0.25, 0.3) is 0 Å². The van der Waals surface area contributed by atoms with Crippen LogP contribution in [0.15, 0.2) is 12.1 Å². The van der Waals surface area contributed by atoms with Crippen LogP contribution in [0.1, 0.15) is 44.5 Å². The summed E-state index contributed by atoms with van der Waals surface area (Å²) < 4.78 is 0. The smallest absolute Gasteiger partial charge is 0.0395 e. The van der Waals surface area contributed by atoms with Crippen LogP contribution in [0.3, 0.4) is 0 Å². The van der Waals surface area contributed by atoms with Crippen molar-refractivity contribution in [2.45, 2.75) is 50.0 Å². The van der Waals surface area contributed by atoms with Gasteiger partial charge in [0, 0.05) is 0 Å². The fourth-order valence-electron chi connectivity index (χ4n) is 1.10. The number of benzene rings is 1. The van der Waals surface area contributed by atoms with E-state index in [2.05, 4.69) is 39.8 Å². The highest BCUT2D eigenvalue weighted by Gasteiger charge is 1.95. The predicted octanol–water partition coefficient (Wildman–Crippen LogP) is 4.83. The van der Waals surface area contributed by atoms with Gasteiger partial charge in [0.1, 0.15) is 0 Å². The number of hydrogen-bond acceptors (Lipinski definition) is 0. The third kappa shape index (κ3) is 4.12. The van der Waals surface area contributed by atoms with E-state index in [1.165, 1.54) is 22.3 Å². The summed E-state index contributed by atoms with van der Waals surface area (Å²) in [6, 6.07) is 4.48. The Hall–Kier alpha value is -0.780. The minimum absolute atomic E-state index is 0. The van der Waals surface area contributed by atoms with E-state index in [1.807, 2.05) is 0 Å². The van der Waals surface area contributed by atoms with E-state index >= 15 is 0 Å². The first-order valence-corrected chi connectivity index (χ1v) is 3.65. The summed E-state index contributed by atoms with van der Waals surface area (Å²) in [5.41, 5.74) is 5.57. The molecule has 0 heteroatoms. The van der Waals surface area contributed by atoms with Gasteiger partial charge in [-0.2, -0.15) is 0 Å². The van der Waals surface area contributed by atoms with E-state index in [0.717, 1.165) is 0 Å². The fourth-order valence-corrected chi connectivity index (χ4v) is 1.10. The molecule has 1 aromatic carbocycles. The van der Waals surface area contributed by atoms with Crippen molar-refractivity contribution in [1.82, 2.24) is 0 Å². The molecule has 0 aliphatic carbocycles. The Morgan fingerprint density at radius 1 is 0.538 bits per heavy atom. The highest BCUT2D eigenvalue weighted by molar-refractivity contribution is 5.35. The van der Waals surface area contributed by atoms with Gasteiger partial charge in [-0.25, -0.2) is 0 Å². The zero-order valence-corrected chi connectivity index (χ0v) is 7.15. The van der Waals surface area contributed by atoms with Gasteiger partial charge < -0.3 is 0 Å². The molecule has 0 bridgehead atoms. The van der Waals surface area contributed by atoms with E-state index in [-0.39, 0.29) is 22.3 Å². The summed E-state index contributed by atoms with van der Waals surface area (Å²) in [5.74, 6) is 0. The van der Waals surface area contributed by atoms with E-state index in [4.69, 9.17) is 0 Å². The summed E-state index contributed by atoms with van der Waals surface area (Å²) in [5, 5.41) is 0. The molecular weight excluding hydrogens is 156 g/mol. The first kappa shape index (κ1) is 18.1. The highest BCUT2D eigenvalue weighted by Crippen LogP contribution is 2.13. The lowest BCUT2D eigenvalue weighted by atomic mass is 10.0. The lowest BCUT2D eigenvalue weighted by molar-refractivity contribution is 1.24. The Bertz CT molecular complexity index is 196. The molecule has 0 saturated heterocycles. The largest absolute Gasteiger partial charge is 0.0776 e. The van der Waals surface area contributed by atoms with Crippen molar-refractivity contribution < 1.29 is 0 Å². The molecule has 13 heavy (non-hydrogen) atoms. The van der Waals surface area contributed by atoms with Crippen LogP contribution < -0.4 is 0 Å². The molecule has 0 spiro atoms. The van der Waals surface area contributed by atoms with Crippen molar-refractivity contribution in [3.05, 3.63) is 34.4 Å². The van der Waals surface area contributed by atoms with Crippen molar-refractivity contribution in [2.24, 2.45) is 0 Å². The quantitative estimate of drug-likeness (QED) is 0.539. The van der Waals surface area contributed by atoms with E-state index in [9.17, 15) is 0 Å². The Balaban J connectivity index is -0.000000333. The van der Waals surface area contributed by atoms with Gasteiger partial charge in [-0.05, 0) is 49.9 Å². The Labute approximate surface area is 85.0 Å². The average Bonchev–Trinajstić information content (AvgIpc) is 1.84. The van der Waals surface area contributed by atoms with Gasteiger partial charge >= 0.3 is 0 Å². The van der Waals surface area contributed by atoms with Crippen LogP contribution in [-0.2, 0) is 0 Å². The second-order valence-corrected chi connectivity index (χ2v) is 3.02. The molecule has 1 rings (SSSR count). The molecule has 0 radical (unpaired) electrons. The molecule has 0 unspecified atom stereocenters. The summed E-state index contributed by atoms with van der Waals surface area (Å²) in [7, 11) is 0. The van der Waals surface area contributed by atoms with Crippen LogP contribution in [-0.4, -0.2) is 0 Å². The van der Waals surface area contributed by atoms with E-state index < -0.39 is 0 Å². The zero-order chi connectivity index (χ0) is 7.72. The molecule has 78 valence electrons. The van der Waals surface area contributed by atoms with Gasteiger partial charge in [0.2, 0.25) is 0 Å². The Morgan fingerprint density at radius 3 is 0.846 bits per heavy atom. The first-order valence-electron chi connectivity index (χ1n) is 3.65. The maximum atomic E-state index is 2.24. The molecule has 0 aliphatic rings. The summed E-state index contributed by atoms with van der Waals surface area (Å²) in [6.07, 6.45) is 0. The second-order valence-electron chi connectivity index (χ2n) is 3.02. The van der Waals surface area contributed by atoms with Gasteiger partial charge in [-0.15, -0.1) is 0 Å². The van der Waals surface area contributed by atoms with Gasteiger partial charge in [-0.1, -0.05) is 34.4 Å². The van der Waals surface area contributed by atoms with E-state index in [0.29, 0.717) is 0 Å². The van der Waals surface area contributed by atoms with Gasteiger partial charge in [-0.3, -0.25) is 0 Å². The molecule has 0 N–H and O–H groups in total. The minimum atomic E-state index is 0. The topological polar surface area (TPSA) is 0 Å². The van der Waals surface area contributed by atoms with Crippen molar-refractivity contribution in [3.63, 3.8) is 0 Å². The minimum Gasteiger partial charge on any atom is -0.0776 e. The van der Waals surface area contributed by atoms with Crippen LogP contribution in [0.4, 0.5) is 0 Å². The lowest BCUT2D eigenvalue weighted by Gasteiger charge is -2.04. The molecule has 0 nitrogen and oxygen atoms in total. The van der Waals surface area contributed by atoms with Gasteiger partial charge in [0.25, 0.3) is 0 Å². The summed E-state index contributed by atoms with van der Waals surface area (Å²) in [4.78, 5) is 0. The zero-order valence-electron chi connectivity index (χ0n) is 7.15. The van der Waals surface area contributed by atoms with Crippen LogP contribution >= 0.6 is 0 Å². The first-order chi connectivity index (χ1) is 4.61. The number of aryl methyl sites for hydroxylation is 4. The fraction of sp³-hybridized carbons (Fsp3) is 0.538. The maximum absolute atomic E-state index is 2.24. The molecule has 0 fully saturated rings. The summed E-state index contributed by atoms with van der Waals surface area (Å²) in [6.45, 7) is 8.62. The molecule has 0 saturated carbocycles. The van der Waals surface area contributed by atoms with Crippen molar-refractivity contribution in [1.29, 1.82) is 0 Å². The SMILES string of the molecule is C.C.C.Cc1cc(C)c(C)cc1C. The molecule has 1 aromatic rings. The van der Waals surface area contributed by atoms with Crippen molar-refractivity contribution in [3.8, 4) is 0 Å². The summed E-state index contributed by atoms with van der Waals surface area (Å²) >= 11 is 0.